The van der Waals surface area contributed by atoms with E-state index >= 15 is 0 Å². The van der Waals surface area contributed by atoms with Crippen LogP contribution in [-0.4, -0.2) is 46.5 Å². The number of hydrogen-bond donors (Lipinski definition) is 2. The van der Waals surface area contributed by atoms with Gasteiger partial charge in [0.1, 0.15) is 23.0 Å². The van der Waals surface area contributed by atoms with Crippen molar-refractivity contribution in [3.63, 3.8) is 0 Å². The molecule has 1 aliphatic heterocycles. The highest BCUT2D eigenvalue weighted by molar-refractivity contribution is 5.98. The van der Waals surface area contributed by atoms with E-state index < -0.39 is 0 Å². The minimum absolute atomic E-state index is 0. The molecule has 0 aliphatic carbocycles. The van der Waals surface area contributed by atoms with Crippen molar-refractivity contribution in [2.75, 3.05) is 25.0 Å². The minimum atomic E-state index is -0.0246. The number of rotatable bonds is 7. The first-order chi connectivity index (χ1) is 13.1. The third-order valence-electron chi connectivity index (χ3n) is 4.88. The van der Waals surface area contributed by atoms with Gasteiger partial charge in [0.15, 0.2) is 0 Å². The van der Waals surface area contributed by atoms with E-state index in [2.05, 4.69) is 20.6 Å². The van der Waals surface area contributed by atoms with E-state index in [1.807, 2.05) is 37.8 Å². The molecule has 162 valence electrons. The highest BCUT2D eigenvalue weighted by Crippen LogP contribution is 2.21. The number of anilines is 1. The molecule has 1 amide bonds. The third kappa shape index (κ3) is 6.32. The molecule has 3 rings (SSSR count). The summed E-state index contributed by atoms with van der Waals surface area (Å²) in [5.74, 6) is 2.24. The van der Waals surface area contributed by atoms with Crippen molar-refractivity contribution in [3.05, 3.63) is 41.7 Å². The van der Waals surface area contributed by atoms with Crippen LogP contribution in [0.5, 0.6) is 0 Å². The van der Waals surface area contributed by atoms with Crippen LogP contribution in [0.15, 0.2) is 29.0 Å². The van der Waals surface area contributed by atoms with Crippen molar-refractivity contribution >= 4 is 36.5 Å². The van der Waals surface area contributed by atoms with Crippen molar-refractivity contribution in [1.29, 1.82) is 0 Å². The number of hydrogen-bond acceptors (Lipinski definition) is 6. The van der Waals surface area contributed by atoms with Crippen molar-refractivity contribution in [3.8, 4) is 0 Å². The van der Waals surface area contributed by atoms with E-state index in [0.29, 0.717) is 24.5 Å². The second-order valence-electron chi connectivity index (χ2n) is 7.17. The summed E-state index contributed by atoms with van der Waals surface area (Å²) in [6, 6.07) is 3.95. The maximum atomic E-state index is 13.3. The number of nitrogens with zero attached hydrogens (tertiary/aromatic N) is 3. The number of aromatic nitrogens is 2. The Morgan fingerprint density at radius 2 is 2.21 bits per heavy atom. The molecule has 9 heteroatoms. The lowest BCUT2D eigenvalue weighted by atomic mass is 10.0. The van der Waals surface area contributed by atoms with Gasteiger partial charge in [-0.05, 0) is 38.4 Å². The van der Waals surface area contributed by atoms with Gasteiger partial charge in [0, 0.05) is 31.2 Å². The van der Waals surface area contributed by atoms with Crippen LogP contribution < -0.4 is 10.6 Å². The number of halogens is 2. The van der Waals surface area contributed by atoms with E-state index in [0.717, 1.165) is 37.5 Å². The average Bonchev–Trinajstić information content (AvgIpc) is 3.21. The minimum Gasteiger partial charge on any atom is -0.467 e. The lowest BCUT2D eigenvalue weighted by Gasteiger charge is -2.34. The molecular formula is C20H31Cl2N5O2. The Kier molecular flexibility index (Phi) is 10.4. The number of piperidine rings is 1. The Bertz CT molecular complexity index is 749. The molecule has 1 fully saturated rings. The predicted octanol–water partition coefficient (Wildman–Crippen LogP) is 3.86. The number of carbonyl (C=O) groups is 1. The number of nitrogens with one attached hydrogen (secondary N) is 2. The summed E-state index contributed by atoms with van der Waals surface area (Å²) in [5.41, 5.74) is 0.512. The van der Waals surface area contributed by atoms with Crippen LogP contribution in [0.2, 0.25) is 0 Å². The fraction of sp³-hybridized carbons (Fsp3) is 0.550. The zero-order valence-electron chi connectivity index (χ0n) is 17.2. The molecule has 1 atom stereocenters. The van der Waals surface area contributed by atoms with Crippen molar-refractivity contribution in [2.24, 2.45) is 0 Å². The van der Waals surface area contributed by atoms with E-state index in [4.69, 9.17) is 4.42 Å². The first-order valence-electron chi connectivity index (χ1n) is 9.75. The smallest absolute Gasteiger partial charge is 0.259 e. The number of likely N-dealkylation sites (N-methyl/N-ethyl adjacent to an activating group) is 1. The van der Waals surface area contributed by atoms with Gasteiger partial charge in [0.2, 0.25) is 0 Å². The number of furan rings is 1. The molecule has 2 aromatic rings. The topological polar surface area (TPSA) is 83.3 Å². The fourth-order valence-corrected chi connectivity index (χ4v) is 3.37. The van der Waals surface area contributed by atoms with E-state index in [9.17, 15) is 4.79 Å². The second kappa shape index (κ2) is 12.0. The molecule has 0 aromatic carbocycles. The second-order valence-corrected chi connectivity index (χ2v) is 7.17. The molecule has 7 nitrogen and oxygen atoms in total. The van der Waals surface area contributed by atoms with Crippen LogP contribution in [0, 0.1) is 0 Å². The van der Waals surface area contributed by atoms with Crippen LogP contribution >= 0.6 is 24.8 Å². The molecule has 29 heavy (non-hydrogen) atoms. The summed E-state index contributed by atoms with van der Waals surface area (Å²) in [5, 5.41) is 6.65. The normalized spacial score (nSPS) is 15.9. The van der Waals surface area contributed by atoms with Crippen molar-refractivity contribution in [1.82, 2.24) is 20.2 Å². The zero-order chi connectivity index (χ0) is 19.2. The molecule has 2 aromatic heterocycles. The van der Waals surface area contributed by atoms with Gasteiger partial charge >= 0.3 is 0 Å². The monoisotopic (exact) mass is 443 g/mol. The SMILES string of the molecule is CCN(C(=O)c1cnc(C(C)C)nc1NCc1ccco1)C1CCCNC1.Cl.Cl. The maximum Gasteiger partial charge on any atom is 0.259 e. The fourth-order valence-electron chi connectivity index (χ4n) is 3.37. The van der Waals surface area contributed by atoms with Gasteiger partial charge in [-0.2, -0.15) is 0 Å². The Hall–Kier alpha value is -1.83. The molecular weight excluding hydrogens is 413 g/mol. The summed E-state index contributed by atoms with van der Waals surface area (Å²) < 4.78 is 5.39. The quantitative estimate of drug-likeness (QED) is 0.675. The highest BCUT2D eigenvalue weighted by Gasteiger charge is 2.27. The summed E-state index contributed by atoms with van der Waals surface area (Å²) in [7, 11) is 0. The van der Waals surface area contributed by atoms with Gasteiger partial charge in [-0.15, -0.1) is 24.8 Å². The standard InChI is InChI=1S/C20H29N5O2.2ClH/c1-4-25(15-7-5-9-21-11-15)20(26)17-13-23-18(14(2)3)24-19(17)22-12-16-8-6-10-27-16;;/h6,8,10,13-15,21H,4-5,7,9,11-12H2,1-3H3,(H,22,23,24);2*1H. The van der Waals surface area contributed by atoms with Crippen molar-refractivity contribution in [2.45, 2.75) is 52.1 Å². The number of amides is 1. The van der Waals surface area contributed by atoms with Crippen LogP contribution in [0.3, 0.4) is 0 Å². The van der Waals surface area contributed by atoms with Crippen LogP contribution in [0.4, 0.5) is 5.82 Å². The summed E-state index contributed by atoms with van der Waals surface area (Å²) in [6.07, 6.45) is 5.40. The lowest BCUT2D eigenvalue weighted by molar-refractivity contribution is 0.0662. The Morgan fingerprint density at radius 3 is 2.79 bits per heavy atom. The third-order valence-corrected chi connectivity index (χ3v) is 4.88. The molecule has 1 aliphatic rings. The first kappa shape index (κ1) is 25.2. The molecule has 1 saturated heterocycles. The maximum absolute atomic E-state index is 13.3. The van der Waals surface area contributed by atoms with Crippen LogP contribution in [0.25, 0.3) is 0 Å². The lowest BCUT2D eigenvalue weighted by Crippen LogP contribution is -2.48. The van der Waals surface area contributed by atoms with Gasteiger partial charge in [0.05, 0.1) is 12.8 Å². The Balaban J connectivity index is 0.00000210. The van der Waals surface area contributed by atoms with Crippen molar-refractivity contribution < 1.29 is 9.21 Å². The van der Waals surface area contributed by atoms with Gasteiger partial charge in [-0.25, -0.2) is 9.97 Å². The molecule has 0 saturated carbocycles. The average molecular weight is 444 g/mol. The number of carbonyl (C=O) groups excluding carboxylic acids is 1. The molecule has 0 bridgehead atoms. The molecule has 1 unspecified atom stereocenters. The predicted molar refractivity (Wildman–Crippen MR) is 119 cm³/mol. The Labute approximate surface area is 184 Å². The van der Waals surface area contributed by atoms with E-state index in [-0.39, 0.29) is 42.7 Å². The summed E-state index contributed by atoms with van der Waals surface area (Å²) >= 11 is 0. The highest BCUT2D eigenvalue weighted by atomic mass is 35.5. The zero-order valence-corrected chi connectivity index (χ0v) is 18.8. The van der Waals surface area contributed by atoms with Gasteiger partial charge in [-0.1, -0.05) is 13.8 Å². The summed E-state index contributed by atoms with van der Waals surface area (Å²) in [6.45, 7) is 9.09. The first-order valence-corrected chi connectivity index (χ1v) is 9.75. The molecule has 2 N–H and O–H groups in total. The molecule has 3 heterocycles. The van der Waals surface area contributed by atoms with Crippen LogP contribution in [-0.2, 0) is 6.54 Å². The van der Waals surface area contributed by atoms with Gasteiger partial charge < -0.3 is 20.0 Å². The van der Waals surface area contributed by atoms with Crippen LogP contribution in [0.1, 0.15) is 61.5 Å². The van der Waals surface area contributed by atoms with E-state index in [1.54, 1.807) is 12.5 Å². The van der Waals surface area contributed by atoms with E-state index in [1.165, 1.54) is 0 Å². The Morgan fingerprint density at radius 1 is 1.41 bits per heavy atom. The molecule has 0 radical (unpaired) electrons. The summed E-state index contributed by atoms with van der Waals surface area (Å²) in [4.78, 5) is 24.3. The molecule has 0 spiro atoms. The van der Waals surface area contributed by atoms with Gasteiger partial charge in [-0.3, -0.25) is 4.79 Å². The largest absolute Gasteiger partial charge is 0.467 e. The van der Waals surface area contributed by atoms with Gasteiger partial charge in [0.25, 0.3) is 5.91 Å².